The molecule has 1 atom stereocenters. The van der Waals surface area contributed by atoms with Gasteiger partial charge in [-0.15, -0.1) is 0 Å². The normalized spacial score (nSPS) is 12.0. The molecule has 0 bridgehead atoms. The van der Waals surface area contributed by atoms with E-state index >= 15 is 4.39 Å². The van der Waals surface area contributed by atoms with Crippen LogP contribution >= 0.6 is 0 Å². The van der Waals surface area contributed by atoms with Crippen molar-refractivity contribution >= 4 is 27.5 Å². The Morgan fingerprint density at radius 2 is 1.45 bits per heavy atom. The number of sulfonamides is 1. The highest BCUT2D eigenvalue weighted by atomic mass is 32.2. The van der Waals surface area contributed by atoms with E-state index < -0.39 is 40.2 Å². The van der Waals surface area contributed by atoms with E-state index in [1.54, 1.807) is 55.5 Å². The number of rotatable bonds is 12. The molecule has 0 aromatic heterocycles. The first-order valence-electron chi connectivity index (χ1n) is 14.5. The van der Waals surface area contributed by atoms with Crippen molar-refractivity contribution in [3.8, 4) is 0 Å². The molecule has 0 heterocycles. The van der Waals surface area contributed by atoms with Gasteiger partial charge < -0.3 is 10.2 Å². The first-order valence-corrected chi connectivity index (χ1v) is 15.9. The van der Waals surface area contributed by atoms with Crippen LogP contribution in [0.1, 0.15) is 36.1 Å². The zero-order valence-electron chi connectivity index (χ0n) is 25.4. The lowest BCUT2D eigenvalue weighted by molar-refractivity contribution is -0.140. The second kappa shape index (κ2) is 14.3. The monoisotopic (exact) mass is 615 g/mol. The van der Waals surface area contributed by atoms with Crippen molar-refractivity contribution in [2.24, 2.45) is 0 Å². The molecule has 0 aliphatic heterocycles. The number of carbonyl (C=O) groups is 2. The molecule has 4 rings (SSSR count). The van der Waals surface area contributed by atoms with Gasteiger partial charge in [-0.05, 0) is 68.7 Å². The van der Waals surface area contributed by atoms with Crippen LogP contribution in [0.4, 0.5) is 10.1 Å². The summed E-state index contributed by atoms with van der Waals surface area (Å²) in [5.41, 5.74) is 2.82. The van der Waals surface area contributed by atoms with E-state index in [4.69, 9.17) is 0 Å². The number of hydrogen-bond donors (Lipinski definition) is 1. The Hall–Kier alpha value is -4.50. The first kappa shape index (κ1) is 32.4. The standard InChI is InChI=1S/C35H38FN3O4S/c1-25(2)37-35(41)33(22-28-13-7-5-8-14-28)38(23-29-15-11-12-18-31(29)36)34(40)24-39(32-21-26(3)19-20-27(32)4)44(42,43)30-16-9-6-10-17-30/h5-21,25,33H,22-24H2,1-4H3,(H,37,41)/t33-/m1/s1. The minimum atomic E-state index is -4.22. The smallest absolute Gasteiger partial charge is 0.264 e. The van der Waals surface area contributed by atoms with E-state index in [1.165, 1.54) is 23.1 Å². The van der Waals surface area contributed by atoms with Gasteiger partial charge >= 0.3 is 0 Å². The molecule has 0 saturated carbocycles. The third kappa shape index (κ3) is 7.90. The van der Waals surface area contributed by atoms with Crippen LogP contribution in [0.3, 0.4) is 0 Å². The number of halogens is 1. The summed E-state index contributed by atoms with van der Waals surface area (Å²) in [4.78, 5) is 29.5. The lowest BCUT2D eigenvalue weighted by Gasteiger charge is -2.34. The van der Waals surface area contributed by atoms with E-state index in [2.05, 4.69) is 5.32 Å². The minimum Gasteiger partial charge on any atom is -0.352 e. The van der Waals surface area contributed by atoms with Crippen LogP contribution in [0.2, 0.25) is 0 Å². The maximum absolute atomic E-state index is 15.0. The SMILES string of the molecule is Cc1ccc(C)c(N(CC(=O)N(Cc2ccccc2F)[C@H](Cc2ccccc2)C(=O)NC(C)C)S(=O)(=O)c2ccccc2)c1. The maximum atomic E-state index is 15.0. The second-order valence-electron chi connectivity index (χ2n) is 11.1. The summed E-state index contributed by atoms with van der Waals surface area (Å²) in [6.45, 7) is 6.41. The molecule has 0 fully saturated rings. The molecule has 7 nitrogen and oxygen atoms in total. The number of nitrogens with zero attached hydrogens (tertiary/aromatic N) is 2. The van der Waals surface area contributed by atoms with Gasteiger partial charge in [-0.3, -0.25) is 13.9 Å². The number of aryl methyl sites for hydroxylation is 2. The summed E-state index contributed by atoms with van der Waals surface area (Å²) < 4.78 is 44.3. The quantitative estimate of drug-likeness (QED) is 0.218. The number of anilines is 1. The molecular formula is C35H38FN3O4S. The second-order valence-corrected chi connectivity index (χ2v) is 13.0. The predicted molar refractivity (Wildman–Crippen MR) is 171 cm³/mol. The summed E-state index contributed by atoms with van der Waals surface area (Å²) in [7, 11) is -4.22. The van der Waals surface area contributed by atoms with Crippen LogP contribution < -0.4 is 9.62 Å². The number of hydrogen-bond acceptors (Lipinski definition) is 4. The third-order valence-corrected chi connectivity index (χ3v) is 9.02. The number of amides is 2. The Bertz CT molecular complexity index is 1700. The Labute approximate surface area is 259 Å². The fourth-order valence-electron chi connectivity index (χ4n) is 4.97. The topological polar surface area (TPSA) is 86.8 Å². The van der Waals surface area contributed by atoms with Crippen LogP contribution in [0.15, 0.2) is 108 Å². The minimum absolute atomic E-state index is 0.0211. The lowest BCUT2D eigenvalue weighted by atomic mass is 10.0. The number of nitrogens with one attached hydrogen (secondary N) is 1. The molecule has 4 aromatic carbocycles. The molecular weight excluding hydrogens is 577 g/mol. The van der Waals surface area contributed by atoms with E-state index in [0.29, 0.717) is 11.3 Å². The Kier molecular flexibility index (Phi) is 10.5. The van der Waals surface area contributed by atoms with Crippen LogP contribution in [0.25, 0.3) is 0 Å². The van der Waals surface area contributed by atoms with E-state index in [-0.39, 0.29) is 29.5 Å². The zero-order valence-corrected chi connectivity index (χ0v) is 26.2. The molecule has 0 radical (unpaired) electrons. The molecule has 0 aliphatic rings. The van der Waals surface area contributed by atoms with Gasteiger partial charge in [0.05, 0.1) is 10.6 Å². The average Bonchev–Trinajstić information content (AvgIpc) is 3.00. The predicted octanol–water partition coefficient (Wildman–Crippen LogP) is 5.80. The molecule has 0 unspecified atom stereocenters. The summed E-state index contributed by atoms with van der Waals surface area (Å²) in [5.74, 6) is -1.59. The largest absolute Gasteiger partial charge is 0.352 e. The van der Waals surface area contributed by atoms with Gasteiger partial charge in [0.1, 0.15) is 18.4 Å². The summed E-state index contributed by atoms with van der Waals surface area (Å²) in [5, 5.41) is 2.90. The maximum Gasteiger partial charge on any atom is 0.264 e. The van der Waals surface area contributed by atoms with Gasteiger partial charge in [-0.2, -0.15) is 0 Å². The highest BCUT2D eigenvalue weighted by molar-refractivity contribution is 7.92. The highest BCUT2D eigenvalue weighted by Crippen LogP contribution is 2.29. The van der Waals surface area contributed by atoms with Gasteiger partial charge in [0.25, 0.3) is 10.0 Å². The van der Waals surface area contributed by atoms with Gasteiger partial charge in [0.15, 0.2) is 0 Å². The van der Waals surface area contributed by atoms with Gasteiger partial charge in [-0.1, -0.05) is 78.9 Å². The van der Waals surface area contributed by atoms with Crippen molar-refractivity contribution in [2.45, 2.75) is 57.6 Å². The molecule has 4 aromatic rings. The molecule has 0 spiro atoms. The van der Waals surface area contributed by atoms with Gasteiger partial charge in [-0.25, -0.2) is 12.8 Å². The first-order chi connectivity index (χ1) is 21.0. The van der Waals surface area contributed by atoms with Crippen LogP contribution in [-0.2, 0) is 32.6 Å². The third-order valence-electron chi connectivity index (χ3n) is 7.24. The molecule has 0 saturated heterocycles. The zero-order chi connectivity index (χ0) is 31.9. The highest BCUT2D eigenvalue weighted by Gasteiger charge is 2.35. The number of carbonyl (C=O) groups excluding carboxylic acids is 2. The van der Waals surface area contributed by atoms with Crippen molar-refractivity contribution in [1.29, 1.82) is 0 Å². The van der Waals surface area contributed by atoms with Crippen molar-refractivity contribution in [3.63, 3.8) is 0 Å². The van der Waals surface area contributed by atoms with Gasteiger partial charge in [0.2, 0.25) is 11.8 Å². The Morgan fingerprint density at radius 3 is 2.09 bits per heavy atom. The van der Waals surface area contributed by atoms with Gasteiger partial charge in [0, 0.05) is 24.6 Å². The Morgan fingerprint density at radius 1 is 0.841 bits per heavy atom. The van der Waals surface area contributed by atoms with Crippen molar-refractivity contribution < 1.29 is 22.4 Å². The van der Waals surface area contributed by atoms with Crippen LogP contribution in [0.5, 0.6) is 0 Å². The Balaban J connectivity index is 1.84. The average molecular weight is 616 g/mol. The van der Waals surface area contributed by atoms with Crippen LogP contribution in [0, 0.1) is 19.7 Å². The molecule has 44 heavy (non-hydrogen) atoms. The van der Waals surface area contributed by atoms with E-state index in [9.17, 15) is 18.0 Å². The van der Waals surface area contributed by atoms with Crippen molar-refractivity contribution in [1.82, 2.24) is 10.2 Å². The van der Waals surface area contributed by atoms with Crippen molar-refractivity contribution in [3.05, 3.63) is 131 Å². The molecule has 9 heteroatoms. The molecule has 2 amide bonds. The fourth-order valence-corrected chi connectivity index (χ4v) is 6.46. The molecule has 230 valence electrons. The summed E-state index contributed by atoms with van der Waals surface area (Å²) in [6.07, 6.45) is 0.147. The van der Waals surface area contributed by atoms with E-state index in [1.807, 2.05) is 57.2 Å². The van der Waals surface area contributed by atoms with E-state index in [0.717, 1.165) is 15.4 Å². The molecule has 0 aliphatic carbocycles. The fraction of sp³-hybridized carbons (Fsp3) is 0.257. The summed E-state index contributed by atoms with van der Waals surface area (Å²) >= 11 is 0. The van der Waals surface area contributed by atoms with Crippen LogP contribution in [-0.4, -0.2) is 43.8 Å². The summed E-state index contributed by atoms with van der Waals surface area (Å²) in [6, 6.07) is 27.3. The number of benzene rings is 4. The van der Waals surface area contributed by atoms with Crippen molar-refractivity contribution in [2.75, 3.05) is 10.8 Å². The molecule has 1 N–H and O–H groups in total. The lowest BCUT2D eigenvalue weighted by Crippen LogP contribution is -2.54.